The van der Waals surface area contributed by atoms with Gasteiger partial charge in [0.1, 0.15) is 6.17 Å². The Kier molecular flexibility index (Phi) is 4.46. The van der Waals surface area contributed by atoms with Gasteiger partial charge in [-0.25, -0.2) is 4.39 Å². The van der Waals surface area contributed by atoms with Crippen LogP contribution in [0.25, 0.3) is 10.9 Å². The number of H-pyrrole nitrogens is 1. The standard InChI is InChI=1S/C17H21FN6O/c1-11-21-17(23-25-11)10-24-9-14(18)5-15(24)8-19-6-12-2-3-13-7-20-22-16(13)4-12/h2-4,7,14-15,19H,5-6,8-10H2,1H3,(H,20,22)/t14-,15-/m0/s1. The first-order valence-electron chi connectivity index (χ1n) is 8.47. The number of aromatic amines is 1. The molecule has 7 nitrogen and oxygen atoms in total. The zero-order valence-corrected chi connectivity index (χ0v) is 14.1. The molecule has 1 aliphatic heterocycles. The van der Waals surface area contributed by atoms with Crippen LogP contribution in [0.5, 0.6) is 0 Å². The van der Waals surface area contributed by atoms with Crippen molar-refractivity contribution in [3.63, 3.8) is 0 Å². The van der Waals surface area contributed by atoms with Crippen molar-refractivity contribution in [3.05, 3.63) is 41.7 Å². The van der Waals surface area contributed by atoms with Crippen LogP contribution < -0.4 is 5.32 Å². The van der Waals surface area contributed by atoms with Crippen molar-refractivity contribution in [1.29, 1.82) is 0 Å². The topological polar surface area (TPSA) is 82.9 Å². The summed E-state index contributed by atoms with van der Waals surface area (Å²) in [6.07, 6.45) is 1.54. The third-order valence-electron chi connectivity index (χ3n) is 4.61. The Morgan fingerprint density at radius 2 is 2.36 bits per heavy atom. The predicted octanol–water partition coefficient (Wildman–Crippen LogP) is 1.96. The lowest BCUT2D eigenvalue weighted by Crippen LogP contribution is -2.37. The van der Waals surface area contributed by atoms with E-state index in [9.17, 15) is 4.39 Å². The molecule has 2 aromatic heterocycles. The maximum absolute atomic E-state index is 13.9. The van der Waals surface area contributed by atoms with Gasteiger partial charge in [0.2, 0.25) is 5.89 Å². The number of alkyl halides is 1. The number of hydrogen-bond donors (Lipinski definition) is 2. The monoisotopic (exact) mass is 344 g/mol. The largest absolute Gasteiger partial charge is 0.340 e. The number of nitrogens with zero attached hydrogens (tertiary/aromatic N) is 4. The normalized spacial score (nSPS) is 21.4. The summed E-state index contributed by atoms with van der Waals surface area (Å²) in [7, 11) is 0. The summed E-state index contributed by atoms with van der Waals surface area (Å²) in [5.74, 6) is 1.15. The van der Waals surface area contributed by atoms with Gasteiger partial charge in [0.05, 0.1) is 18.3 Å². The fraction of sp³-hybridized carbons (Fsp3) is 0.471. The molecule has 0 unspecified atom stereocenters. The lowest BCUT2D eigenvalue weighted by atomic mass is 10.1. The van der Waals surface area contributed by atoms with Crippen LogP contribution in [0.3, 0.4) is 0 Å². The van der Waals surface area contributed by atoms with Crippen LogP contribution in [-0.4, -0.2) is 50.5 Å². The number of likely N-dealkylation sites (tertiary alicyclic amines) is 1. The third kappa shape index (κ3) is 3.69. The van der Waals surface area contributed by atoms with Gasteiger partial charge in [-0.15, -0.1) is 0 Å². The minimum atomic E-state index is -0.804. The molecule has 0 spiro atoms. The van der Waals surface area contributed by atoms with E-state index >= 15 is 0 Å². The first-order valence-corrected chi connectivity index (χ1v) is 8.47. The van der Waals surface area contributed by atoms with Gasteiger partial charge in [-0.2, -0.15) is 10.1 Å². The number of aryl methyl sites for hydroxylation is 1. The summed E-state index contributed by atoms with van der Waals surface area (Å²) in [5, 5.41) is 15.5. The molecule has 0 amide bonds. The van der Waals surface area contributed by atoms with Crippen molar-refractivity contribution in [2.45, 2.75) is 38.6 Å². The maximum Gasteiger partial charge on any atom is 0.223 e. The van der Waals surface area contributed by atoms with Gasteiger partial charge in [-0.3, -0.25) is 10.00 Å². The summed E-state index contributed by atoms with van der Waals surface area (Å²) in [6, 6.07) is 6.34. The first kappa shape index (κ1) is 16.2. The van der Waals surface area contributed by atoms with Gasteiger partial charge in [0, 0.05) is 38.0 Å². The molecule has 25 heavy (non-hydrogen) atoms. The molecular weight excluding hydrogens is 323 g/mol. The predicted molar refractivity (Wildman–Crippen MR) is 90.5 cm³/mol. The summed E-state index contributed by atoms with van der Waals surface area (Å²) in [6.45, 7) is 4.15. The fourth-order valence-electron chi connectivity index (χ4n) is 3.39. The molecule has 8 heteroatoms. The Morgan fingerprint density at radius 3 is 3.20 bits per heavy atom. The lowest BCUT2D eigenvalue weighted by molar-refractivity contribution is 0.221. The zero-order chi connectivity index (χ0) is 17.2. The molecule has 3 heterocycles. The van der Waals surface area contributed by atoms with Crippen molar-refractivity contribution in [2.24, 2.45) is 0 Å². The van der Waals surface area contributed by atoms with Crippen molar-refractivity contribution >= 4 is 10.9 Å². The number of hydrogen-bond acceptors (Lipinski definition) is 6. The number of halogens is 1. The highest BCUT2D eigenvalue weighted by Gasteiger charge is 2.32. The molecule has 0 bridgehead atoms. The van der Waals surface area contributed by atoms with E-state index in [4.69, 9.17) is 4.52 Å². The summed E-state index contributed by atoms with van der Waals surface area (Å²) < 4.78 is 18.9. The fourth-order valence-corrected chi connectivity index (χ4v) is 3.39. The molecule has 2 N–H and O–H groups in total. The minimum Gasteiger partial charge on any atom is -0.340 e. The van der Waals surface area contributed by atoms with Crippen LogP contribution >= 0.6 is 0 Å². The summed E-state index contributed by atoms with van der Waals surface area (Å²) in [4.78, 5) is 6.30. The average molecular weight is 344 g/mol. The molecular formula is C17H21FN6O. The molecule has 0 radical (unpaired) electrons. The molecule has 3 aromatic rings. The quantitative estimate of drug-likeness (QED) is 0.711. The molecule has 1 fully saturated rings. The minimum absolute atomic E-state index is 0.129. The second kappa shape index (κ2) is 6.89. The number of rotatable bonds is 6. The molecule has 132 valence electrons. The van der Waals surface area contributed by atoms with E-state index < -0.39 is 6.17 Å². The SMILES string of the molecule is Cc1nc(CN2C[C@@H](F)C[C@H]2CNCc2ccc3cn[nH]c3c2)no1. The highest BCUT2D eigenvalue weighted by atomic mass is 19.1. The van der Waals surface area contributed by atoms with E-state index in [0.717, 1.165) is 24.0 Å². The van der Waals surface area contributed by atoms with Crippen LogP contribution in [0.1, 0.15) is 23.7 Å². The van der Waals surface area contributed by atoms with Crippen LogP contribution in [0.4, 0.5) is 4.39 Å². The number of aromatic nitrogens is 4. The third-order valence-corrected chi connectivity index (χ3v) is 4.61. The van der Waals surface area contributed by atoms with Crippen molar-refractivity contribution < 1.29 is 8.91 Å². The van der Waals surface area contributed by atoms with Crippen molar-refractivity contribution in [2.75, 3.05) is 13.1 Å². The smallest absolute Gasteiger partial charge is 0.223 e. The number of fused-ring (bicyclic) bond motifs is 1. The second-order valence-corrected chi connectivity index (χ2v) is 6.57. The molecule has 4 rings (SSSR count). The molecule has 0 saturated carbocycles. The Morgan fingerprint density at radius 1 is 1.44 bits per heavy atom. The molecule has 0 aliphatic carbocycles. The Balaban J connectivity index is 1.33. The molecule has 1 aromatic carbocycles. The van der Waals surface area contributed by atoms with E-state index in [1.807, 2.05) is 12.3 Å². The van der Waals surface area contributed by atoms with Gasteiger partial charge in [0.25, 0.3) is 0 Å². The first-order chi connectivity index (χ1) is 12.2. The van der Waals surface area contributed by atoms with E-state index in [1.54, 1.807) is 6.92 Å². The van der Waals surface area contributed by atoms with Gasteiger partial charge < -0.3 is 9.84 Å². The van der Waals surface area contributed by atoms with Crippen LogP contribution in [0.2, 0.25) is 0 Å². The Hall–Kier alpha value is -2.32. The van der Waals surface area contributed by atoms with Crippen LogP contribution in [0, 0.1) is 6.92 Å². The highest BCUT2D eigenvalue weighted by Crippen LogP contribution is 2.22. The molecule has 1 aliphatic rings. The van der Waals surface area contributed by atoms with Gasteiger partial charge >= 0.3 is 0 Å². The van der Waals surface area contributed by atoms with Gasteiger partial charge in [-0.1, -0.05) is 17.3 Å². The highest BCUT2D eigenvalue weighted by molar-refractivity contribution is 5.78. The molecule has 2 atom stereocenters. The van der Waals surface area contributed by atoms with E-state index in [2.05, 4.69) is 42.7 Å². The summed E-state index contributed by atoms with van der Waals surface area (Å²) >= 11 is 0. The Bertz CT molecular complexity index is 846. The summed E-state index contributed by atoms with van der Waals surface area (Å²) in [5.41, 5.74) is 2.20. The molecule has 1 saturated heterocycles. The second-order valence-electron chi connectivity index (χ2n) is 6.57. The van der Waals surface area contributed by atoms with Crippen LogP contribution in [0.15, 0.2) is 28.9 Å². The average Bonchev–Trinajstić information content (AvgIpc) is 3.28. The van der Waals surface area contributed by atoms with Crippen molar-refractivity contribution in [1.82, 2.24) is 30.6 Å². The van der Waals surface area contributed by atoms with Crippen molar-refractivity contribution in [3.8, 4) is 0 Å². The number of benzene rings is 1. The number of nitrogens with one attached hydrogen (secondary N) is 2. The van der Waals surface area contributed by atoms with Gasteiger partial charge in [-0.05, 0) is 18.1 Å². The van der Waals surface area contributed by atoms with E-state index in [1.165, 1.54) is 5.56 Å². The van der Waals surface area contributed by atoms with E-state index in [-0.39, 0.29) is 6.04 Å². The van der Waals surface area contributed by atoms with E-state index in [0.29, 0.717) is 31.2 Å². The Labute approximate surface area is 144 Å². The zero-order valence-electron chi connectivity index (χ0n) is 14.1. The van der Waals surface area contributed by atoms with Gasteiger partial charge in [0.15, 0.2) is 5.82 Å². The maximum atomic E-state index is 13.9. The lowest BCUT2D eigenvalue weighted by Gasteiger charge is -2.22. The van der Waals surface area contributed by atoms with Crippen LogP contribution in [-0.2, 0) is 13.1 Å².